The molecule has 1 heterocycles. The van der Waals surface area contributed by atoms with Crippen molar-refractivity contribution in [3.05, 3.63) is 24.0 Å². The van der Waals surface area contributed by atoms with E-state index < -0.39 is 0 Å². The molecule has 5 heteroatoms. The van der Waals surface area contributed by atoms with E-state index in [0.29, 0.717) is 25.7 Å². The van der Waals surface area contributed by atoms with Crippen molar-refractivity contribution in [2.45, 2.75) is 39.4 Å². The summed E-state index contributed by atoms with van der Waals surface area (Å²) in [6.07, 6.45) is 4.79. The summed E-state index contributed by atoms with van der Waals surface area (Å²) in [7, 11) is 1.66. The number of nitrogens with zero attached hydrogens (tertiary/aromatic N) is 1. The zero-order chi connectivity index (χ0) is 14.1. The van der Waals surface area contributed by atoms with Crippen LogP contribution in [0.4, 0.5) is 0 Å². The standard InChI is InChI=1S/C14H25N3O2/c1-12(2)16-9-13-5-7-17(10-13)11-14(18)15-6-4-8-19-3/h5,7,10,12,16H,4,6,8-9,11H2,1-3H3,(H,15,18). The van der Waals surface area contributed by atoms with Crippen LogP contribution in [-0.2, 0) is 22.6 Å². The van der Waals surface area contributed by atoms with E-state index in [1.54, 1.807) is 7.11 Å². The molecule has 0 fully saturated rings. The van der Waals surface area contributed by atoms with Gasteiger partial charge in [-0.3, -0.25) is 4.79 Å². The molecule has 1 amide bonds. The van der Waals surface area contributed by atoms with Crippen LogP contribution in [0.15, 0.2) is 18.5 Å². The maximum atomic E-state index is 11.7. The highest BCUT2D eigenvalue weighted by Gasteiger charge is 2.03. The number of amides is 1. The molecule has 0 bridgehead atoms. The van der Waals surface area contributed by atoms with Crippen LogP contribution < -0.4 is 10.6 Å². The van der Waals surface area contributed by atoms with Gasteiger partial charge in [0, 0.05) is 45.2 Å². The number of rotatable bonds is 9. The highest BCUT2D eigenvalue weighted by molar-refractivity contribution is 5.75. The van der Waals surface area contributed by atoms with Crippen molar-refractivity contribution in [2.24, 2.45) is 0 Å². The summed E-state index contributed by atoms with van der Waals surface area (Å²) in [5.41, 5.74) is 1.20. The topological polar surface area (TPSA) is 55.3 Å². The molecule has 0 aliphatic rings. The van der Waals surface area contributed by atoms with Crippen LogP contribution in [0, 0.1) is 0 Å². The van der Waals surface area contributed by atoms with Crippen molar-refractivity contribution in [3.8, 4) is 0 Å². The Morgan fingerprint density at radius 2 is 2.26 bits per heavy atom. The predicted octanol–water partition coefficient (Wildman–Crippen LogP) is 1.14. The molecule has 1 aromatic rings. The average Bonchev–Trinajstić information content (AvgIpc) is 2.80. The Labute approximate surface area is 115 Å². The van der Waals surface area contributed by atoms with Crippen molar-refractivity contribution in [2.75, 3.05) is 20.3 Å². The van der Waals surface area contributed by atoms with Gasteiger partial charge in [0.1, 0.15) is 6.54 Å². The first-order chi connectivity index (χ1) is 9.11. The molecule has 0 aliphatic carbocycles. The SMILES string of the molecule is COCCCNC(=O)Cn1ccc(CNC(C)C)c1. The first kappa shape index (κ1) is 15.7. The Balaban J connectivity index is 2.26. The Hall–Kier alpha value is -1.33. The fraction of sp³-hybridized carbons (Fsp3) is 0.643. The average molecular weight is 267 g/mol. The minimum Gasteiger partial charge on any atom is -0.385 e. The molecular formula is C14H25N3O2. The molecule has 5 nitrogen and oxygen atoms in total. The third-order valence-electron chi connectivity index (χ3n) is 2.70. The molecular weight excluding hydrogens is 242 g/mol. The predicted molar refractivity (Wildman–Crippen MR) is 75.9 cm³/mol. The van der Waals surface area contributed by atoms with Crippen molar-refractivity contribution < 1.29 is 9.53 Å². The largest absolute Gasteiger partial charge is 0.385 e. The highest BCUT2D eigenvalue weighted by atomic mass is 16.5. The summed E-state index contributed by atoms with van der Waals surface area (Å²) in [6.45, 7) is 6.77. The van der Waals surface area contributed by atoms with Crippen LogP contribution in [0.25, 0.3) is 0 Å². The highest BCUT2D eigenvalue weighted by Crippen LogP contribution is 2.01. The molecule has 0 unspecified atom stereocenters. The molecule has 1 aromatic heterocycles. The third-order valence-corrected chi connectivity index (χ3v) is 2.70. The van der Waals surface area contributed by atoms with E-state index in [2.05, 4.69) is 24.5 Å². The van der Waals surface area contributed by atoms with E-state index in [1.165, 1.54) is 5.56 Å². The van der Waals surface area contributed by atoms with Crippen LogP contribution in [0.3, 0.4) is 0 Å². The Morgan fingerprint density at radius 1 is 1.47 bits per heavy atom. The monoisotopic (exact) mass is 267 g/mol. The van der Waals surface area contributed by atoms with Gasteiger partial charge in [-0.1, -0.05) is 13.8 Å². The van der Waals surface area contributed by atoms with Gasteiger partial charge in [-0.05, 0) is 18.1 Å². The maximum absolute atomic E-state index is 11.7. The summed E-state index contributed by atoms with van der Waals surface area (Å²) >= 11 is 0. The number of carbonyl (C=O) groups is 1. The van der Waals surface area contributed by atoms with Crippen molar-refractivity contribution in [1.29, 1.82) is 0 Å². The first-order valence-corrected chi connectivity index (χ1v) is 6.75. The summed E-state index contributed by atoms with van der Waals surface area (Å²) in [5, 5.41) is 6.22. The van der Waals surface area contributed by atoms with Gasteiger partial charge < -0.3 is 19.9 Å². The number of hydrogen-bond donors (Lipinski definition) is 2. The Bertz CT molecular complexity index is 375. The van der Waals surface area contributed by atoms with Gasteiger partial charge in [0.15, 0.2) is 0 Å². The molecule has 0 radical (unpaired) electrons. The van der Waals surface area contributed by atoms with Gasteiger partial charge in [-0.15, -0.1) is 0 Å². The molecule has 2 N–H and O–H groups in total. The summed E-state index contributed by atoms with van der Waals surface area (Å²) in [6, 6.07) is 2.50. The van der Waals surface area contributed by atoms with Gasteiger partial charge in [0.25, 0.3) is 0 Å². The van der Waals surface area contributed by atoms with Crippen molar-refractivity contribution in [1.82, 2.24) is 15.2 Å². The molecule has 0 saturated carbocycles. The van der Waals surface area contributed by atoms with Crippen LogP contribution in [0.5, 0.6) is 0 Å². The molecule has 0 aliphatic heterocycles. The minimum absolute atomic E-state index is 0.0371. The number of ether oxygens (including phenoxy) is 1. The molecule has 1 rings (SSSR count). The lowest BCUT2D eigenvalue weighted by atomic mass is 10.3. The van der Waals surface area contributed by atoms with Crippen LogP contribution >= 0.6 is 0 Å². The number of aromatic nitrogens is 1. The quantitative estimate of drug-likeness (QED) is 0.660. The lowest BCUT2D eigenvalue weighted by Gasteiger charge is -2.07. The Kier molecular flexibility index (Phi) is 7.22. The second-order valence-corrected chi connectivity index (χ2v) is 4.92. The van der Waals surface area contributed by atoms with Gasteiger partial charge in [-0.2, -0.15) is 0 Å². The van der Waals surface area contributed by atoms with Gasteiger partial charge >= 0.3 is 0 Å². The smallest absolute Gasteiger partial charge is 0.239 e. The fourth-order valence-corrected chi connectivity index (χ4v) is 1.68. The summed E-state index contributed by atoms with van der Waals surface area (Å²) < 4.78 is 6.83. The zero-order valence-electron chi connectivity index (χ0n) is 12.1. The lowest BCUT2D eigenvalue weighted by molar-refractivity contribution is -0.121. The maximum Gasteiger partial charge on any atom is 0.239 e. The van der Waals surface area contributed by atoms with Crippen LogP contribution in [0.2, 0.25) is 0 Å². The second kappa shape index (κ2) is 8.72. The zero-order valence-corrected chi connectivity index (χ0v) is 12.1. The second-order valence-electron chi connectivity index (χ2n) is 4.92. The third kappa shape index (κ3) is 6.98. The molecule has 108 valence electrons. The molecule has 0 saturated heterocycles. The van der Waals surface area contributed by atoms with E-state index in [-0.39, 0.29) is 5.91 Å². The number of methoxy groups -OCH3 is 1. The Morgan fingerprint density at radius 3 is 2.95 bits per heavy atom. The minimum atomic E-state index is 0.0371. The van der Waals surface area contributed by atoms with Crippen molar-refractivity contribution >= 4 is 5.91 Å². The molecule has 0 spiro atoms. The van der Waals surface area contributed by atoms with E-state index in [0.717, 1.165) is 13.0 Å². The van der Waals surface area contributed by atoms with Crippen molar-refractivity contribution in [3.63, 3.8) is 0 Å². The number of nitrogens with one attached hydrogen (secondary N) is 2. The van der Waals surface area contributed by atoms with E-state index in [4.69, 9.17) is 4.74 Å². The van der Waals surface area contributed by atoms with E-state index in [1.807, 2.05) is 23.0 Å². The number of hydrogen-bond acceptors (Lipinski definition) is 3. The van der Waals surface area contributed by atoms with Gasteiger partial charge in [-0.25, -0.2) is 0 Å². The number of carbonyl (C=O) groups excluding carboxylic acids is 1. The molecule has 0 atom stereocenters. The molecule has 0 aromatic carbocycles. The van der Waals surface area contributed by atoms with E-state index in [9.17, 15) is 4.79 Å². The summed E-state index contributed by atoms with van der Waals surface area (Å²) in [5.74, 6) is 0.0371. The molecule has 19 heavy (non-hydrogen) atoms. The summed E-state index contributed by atoms with van der Waals surface area (Å²) in [4.78, 5) is 11.7. The van der Waals surface area contributed by atoms with Crippen LogP contribution in [0.1, 0.15) is 25.8 Å². The van der Waals surface area contributed by atoms with Gasteiger partial charge in [0.05, 0.1) is 0 Å². The van der Waals surface area contributed by atoms with E-state index >= 15 is 0 Å². The lowest BCUT2D eigenvalue weighted by Crippen LogP contribution is -2.28. The van der Waals surface area contributed by atoms with Crippen LogP contribution in [-0.4, -0.2) is 36.8 Å². The fourth-order valence-electron chi connectivity index (χ4n) is 1.68. The van der Waals surface area contributed by atoms with Gasteiger partial charge in [0.2, 0.25) is 5.91 Å². The normalized spacial score (nSPS) is 10.9. The first-order valence-electron chi connectivity index (χ1n) is 6.75.